The van der Waals surface area contributed by atoms with Crippen LogP contribution in [0.1, 0.15) is 24.4 Å². The quantitative estimate of drug-likeness (QED) is 0.527. The summed E-state index contributed by atoms with van der Waals surface area (Å²) < 4.78 is 10.8. The maximum atomic E-state index is 12.9. The van der Waals surface area contributed by atoms with Gasteiger partial charge in [-0.3, -0.25) is 4.79 Å². The summed E-state index contributed by atoms with van der Waals surface area (Å²) >= 11 is 0. The van der Waals surface area contributed by atoms with E-state index in [-0.39, 0.29) is 5.91 Å². The molecule has 1 amide bonds. The van der Waals surface area contributed by atoms with E-state index in [1.165, 1.54) is 0 Å². The van der Waals surface area contributed by atoms with Crippen LogP contribution in [0.5, 0.6) is 5.75 Å². The largest absolute Gasteiger partial charge is 0.497 e. The van der Waals surface area contributed by atoms with Gasteiger partial charge in [0.2, 0.25) is 5.91 Å². The Balaban J connectivity index is 1.32. The van der Waals surface area contributed by atoms with Gasteiger partial charge in [-0.25, -0.2) is 4.98 Å². The van der Waals surface area contributed by atoms with Crippen LogP contribution in [0.15, 0.2) is 59.1 Å². The first-order chi connectivity index (χ1) is 14.2. The Morgan fingerprint density at radius 2 is 2.07 bits per heavy atom. The number of nitrogens with one attached hydrogen (secondary N) is 2. The van der Waals surface area contributed by atoms with Gasteiger partial charge in [0.05, 0.1) is 35.8 Å². The number of ether oxygens (including phenoxy) is 1. The molecule has 0 atom stereocenters. The van der Waals surface area contributed by atoms with E-state index in [1.807, 2.05) is 54.6 Å². The van der Waals surface area contributed by atoms with Crippen molar-refractivity contribution in [3.05, 3.63) is 66.1 Å². The number of hydrogen-bond donors (Lipinski definition) is 2. The Morgan fingerprint density at radius 1 is 1.21 bits per heavy atom. The number of para-hydroxylation sites is 2. The minimum absolute atomic E-state index is 0.0524. The van der Waals surface area contributed by atoms with Crippen molar-refractivity contribution in [2.45, 2.75) is 24.8 Å². The van der Waals surface area contributed by atoms with E-state index in [9.17, 15) is 4.79 Å². The van der Waals surface area contributed by atoms with Crippen LogP contribution in [0.4, 0.5) is 0 Å². The highest BCUT2D eigenvalue weighted by Crippen LogP contribution is 2.48. The number of aromatic nitrogens is 3. The topological polar surface area (TPSA) is 93.0 Å². The lowest BCUT2D eigenvalue weighted by Crippen LogP contribution is -2.34. The van der Waals surface area contributed by atoms with E-state index in [2.05, 4.69) is 20.4 Å². The van der Waals surface area contributed by atoms with Gasteiger partial charge in [0.15, 0.2) is 5.76 Å². The number of carbonyl (C=O) groups excluding carboxylic acids is 1. The highest BCUT2D eigenvalue weighted by atomic mass is 16.5. The fourth-order valence-electron chi connectivity index (χ4n) is 3.56. The Morgan fingerprint density at radius 3 is 2.86 bits per heavy atom. The molecule has 0 unspecified atom stereocenters. The second kappa shape index (κ2) is 6.77. The van der Waals surface area contributed by atoms with Gasteiger partial charge in [-0.2, -0.15) is 0 Å². The van der Waals surface area contributed by atoms with Crippen LogP contribution in [0, 0.1) is 0 Å². The standard InChI is InChI=1S/C22H20N4O3/c1-28-15-6-4-5-14(11-15)18-12-19(26-29-18)22(9-10-22)21(27)23-13-20-24-16-7-2-3-8-17(16)25-20/h2-8,11-12H,9-10,13H2,1H3,(H,23,27)(H,24,25). The van der Waals surface area contributed by atoms with Crippen LogP contribution in [-0.4, -0.2) is 28.1 Å². The molecule has 0 bridgehead atoms. The SMILES string of the molecule is COc1cccc(-c2cc(C3(C(=O)NCc4nc5ccccc5[nH]4)CC3)no2)c1. The number of hydrogen-bond acceptors (Lipinski definition) is 5. The Bertz CT molecular complexity index is 1160. The minimum atomic E-state index is -0.618. The Labute approximate surface area is 167 Å². The van der Waals surface area contributed by atoms with Crippen LogP contribution >= 0.6 is 0 Å². The summed E-state index contributed by atoms with van der Waals surface area (Å²) in [5.74, 6) is 2.04. The van der Waals surface area contributed by atoms with Crippen molar-refractivity contribution < 1.29 is 14.1 Å². The van der Waals surface area contributed by atoms with Crippen molar-refractivity contribution in [2.75, 3.05) is 7.11 Å². The monoisotopic (exact) mass is 388 g/mol. The summed E-state index contributed by atoms with van der Waals surface area (Å²) in [6.45, 7) is 0.343. The van der Waals surface area contributed by atoms with Gasteiger partial charge in [-0.15, -0.1) is 0 Å². The first-order valence-corrected chi connectivity index (χ1v) is 9.51. The van der Waals surface area contributed by atoms with Crippen molar-refractivity contribution >= 4 is 16.9 Å². The molecule has 1 aliphatic carbocycles. The minimum Gasteiger partial charge on any atom is -0.497 e. The predicted octanol–water partition coefficient (Wildman–Crippen LogP) is 3.57. The molecule has 146 valence electrons. The number of fused-ring (bicyclic) bond motifs is 1. The van der Waals surface area contributed by atoms with E-state index in [4.69, 9.17) is 9.26 Å². The normalized spacial score (nSPS) is 14.7. The summed E-state index contributed by atoms with van der Waals surface area (Å²) in [5, 5.41) is 7.19. The average molecular weight is 388 g/mol. The van der Waals surface area contributed by atoms with Gasteiger partial charge in [0.1, 0.15) is 11.6 Å². The zero-order valence-electron chi connectivity index (χ0n) is 15.9. The molecule has 0 spiro atoms. The maximum absolute atomic E-state index is 12.9. The molecular weight excluding hydrogens is 368 g/mol. The van der Waals surface area contributed by atoms with E-state index in [0.29, 0.717) is 18.0 Å². The summed E-state index contributed by atoms with van der Waals surface area (Å²) in [5.41, 5.74) is 2.75. The molecule has 0 radical (unpaired) electrons. The summed E-state index contributed by atoms with van der Waals surface area (Å²) in [4.78, 5) is 20.6. The van der Waals surface area contributed by atoms with Gasteiger partial charge < -0.3 is 19.6 Å². The van der Waals surface area contributed by atoms with Crippen molar-refractivity contribution in [3.8, 4) is 17.1 Å². The molecule has 29 heavy (non-hydrogen) atoms. The molecule has 4 aromatic rings. The molecule has 0 aliphatic heterocycles. The second-order valence-electron chi connectivity index (χ2n) is 7.27. The molecule has 1 fully saturated rings. The number of amides is 1. The Kier molecular flexibility index (Phi) is 4.08. The molecule has 7 heteroatoms. The van der Waals surface area contributed by atoms with E-state index >= 15 is 0 Å². The highest BCUT2D eigenvalue weighted by Gasteiger charge is 2.53. The molecule has 2 aromatic carbocycles. The number of H-pyrrole nitrogens is 1. The number of rotatable bonds is 6. The van der Waals surface area contributed by atoms with Gasteiger partial charge in [-0.1, -0.05) is 29.4 Å². The number of nitrogens with zero attached hydrogens (tertiary/aromatic N) is 2. The first-order valence-electron chi connectivity index (χ1n) is 9.51. The van der Waals surface area contributed by atoms with Gasteiger partial charge in [0, 0.05) is 11.6 Å². The number of imidazole rings is 1. The third kappa shape index (κ3) is 3.14. The first kappa shape index (κ1) is 17.5. The molecule has 1 saturated carbocycles. The zero-order valence-corrected chi connectivity index (χ0v) is 15.9. The summed E-state index contributed by atoms with van der Waals surface area (Å²) in [6.07, 6.45) is 1.51. The van der Waals surface area contributed by atoms with Crippen molar-refractivity contribution in [3.63, 3.8) is 0 Å². The molecule has 0 saturated heterocycles. The zero-order chi connectivity index (χ0) is 19.8. The second-order valence-corrected chi connectivity index (χ2v) is 7.27. The van der Waals surface area contributed by atoms with E-state index in [1.54, 1.807) is 7.11 Å². The summed E-state index contributed by atoms with van der Waals surface area (Å²) in [7, 11) is 1.62. The molecule has 1 aliphatic rings. The lowest BCUT2D eigenvalue weighted by atomic mass is 10.0. The fourth-order valence-corrected chi connectivity index (χ4v) is 3.56. The van der Waals surface area contributed by atoms with Crippen LogP contribution in [0.25, 0.3) is 22.4 Å². The molecule has 2 N–H and O–H groups in total. The molecule has 7 nitrogen and oxygen atoms in total. The third-order valence-corrected chi connectivity index (χ3v) is 5.39. The van der Waals surface area contributed by atoms with Crippen LogP contribution in [-0.2, 0) is 16.8 Å². The Hall–Kier alpha value is -3.61. The molecule has 5 rings (SSSR count). The van der Waals surface area contributed by atoms with Crippen LogP contribution in [0.2, 0.25) is 0 Å². The lowest BCUT2D eigenvalue weighted by Gasteiger charge is -2.11. The lowest BCUT2D eigenvalue weighted by molar-refractivity contribution is -0.123. The number of aromatic amines is 1. The van der Waals surface area contributed by atoms with Crippen molar-refractivity contribution in [2.24, 2.45) is 0 Å². The van der Waals surface area contributed by atoms with Crippen molar-refractivity contribution in [1.29, 1.82) is 0 Å². The number of carbonyl (C=O) groups is 1. The molecule has 2 aromatic heterocycles. The van der Waals surface area contributed by atoms with Gasteiger partial charge in [0.25, 0.3) is 0 Å². The van der Waals surface area contributed by atoms with Crippen molar-refractivity contribution in [1.82, 2.24) is 20.4 Å². The summed E-state index contributed by atoms with van der Waals surface area (Å²) in [6, 6.07) is 17.2. The predicted molar refractivity (Wildman–Crippen MR) is 107 cm³/mol. The maximum Gasteiger partial charge on any atom is 0.232 e. The fraction of sp³-hybridized carbons (Fsp3) is 0.227. The van der Waals surface area contributed by atoms with Gasteiger partial charge in [-0.05, 0) is 37.1 Å². The highest BCUT2D eigenvalue weighted by molar-refractivity contribution is 5.91. The van der Waals surface area contributed by atoms with Crippen LogP contribution in [0.3, 0.4) is 0 Å². The molecular formula is C22H20N4O3. The van der Waals surface area contributed by atoms with Gasteiger partial charge >= 0.3 is 0 Å². The molecule has 2 heterocycles. The van der Waals surface area contributed by atoms with E-state index in [0.717, 1.165) is 41.0 Å². The number of methoxy groups -OCH3 is 1. The smallest absolute Gasteiger partial charge is 0.232 e. The van der Waals surface area contributed by atoms with E-state index < -0.39 is 5.41 Å². The number of benzene rings is 2. The van der Waals surface area contributed by atoms with Crippen LogP contribution < -0.4 is 10.1 Å². The average Bonchev–Trinajstić information content (AvgIpc) is 3.23. The third-order valence-electron chi connectivity index (χ3n) is 5.39.